The van der Waals surface area contributed by atoms with E-state index in [0.717, 1.165) is 19.5 Å². The van der Waals surface area contributed by atoms with Crippen molar-refractivity contribution < 1.29 is 4.79 Å². The number of nitrogens with one attached hydrogen (secondary N) is 1. The van der Waals surface area contributed by atoms with Crippen molar-refractivity contribution in [2.24, 2.45) is 5.92 Å². The Bertz CT molecular complexity index is 451. The summed E-state index contributed by atoms with van der Waals surface area (Å²) in [6.07, 6.45) is 1.04. The van der Waals surface area contributed by atoms with Crippen LogP contribution in [0, 0.1) is 5.92 Å². The maximum atomic E-state index is 12.6. The highest BCUT2D eigenvalue weighted by Gasteiger charge is 2.20. The van der Waals surface area contributed by atoms with Crippen LogP contribution in [0.5, 0.6) is 0 Å². The number of anilines is 1. The van der Waals surface area contributed by atoms with Gasteiger partial charge in [0.15, 0.2) is 0 Å². The van der Waals surface area contributed by atoms with E-state index in [-0.39, 0.29) is 5.91 Å². The molecule has 0 aromatic carbocycles. The minimum Gasteiger partial charge on any atom is -0.370 e. The van der Waals surface area contributed by atoms with Crippen molar-refractivity contribution in [2.75, 3.05) is 25.0 Å². The molecular weight excluding hydrogens is 274 g/mol. The Hall–Kier alpha value is -1.29. The van der Waals surface area contributed by atoms with Gasteiger partial charge in [0, 0.05) is 19.6 Å². The summed E-state index contributed by atoms with van der Waals surface area (Å²) in [6, 6.07) is 3.50. The van der Waals surface area contributed by atoms with Crippen molar-refractivity contribution in [3.05, 3.63) is 22.8 Å². The normalized spacial score (nSPS) is 12.1. The molecule has 1 aromatic rings. The van der Waals surface area contributed by atoms with Crippen molar-refractivity contribution in [1.29, 1.82) is 0 Å². The third-order valence-electron chi connectivity index (χ3n) is 3.30. The van der Waals surface area contributed by atoms with E-state index in [1.165, 1.54) is 0 Å². The van der Waals surface area contributed by atoms with E-state index in [0.29, 0.717) is 29.0 Å². The second-order valence-electron chi connectivity index (χ2n) is 4.91. The molecule has 0 aliphatic rings. The van der Waals surface area contributed by atoms with Crippen LogP contribution in [0.1, 0.15) is 44.6 Å². The molecule has 1 unspecified atom stereocenters. The molecule has 112 valence electrons. The number of hydrogen-bond donors (Lipinski definition) is 1. The first kappa shape index (κ1) is 16.8. The van der Waals surface area contributed by atoms with E-state index < -0.39 is 0 Å². The van der Waals surface area contributed by atoms with E-state index in [1.807, 2.05) is 13.8 Å². The molecule has 0 spiro atoms. The van der Waals surface area contributed by atoms with Crippen molar-refractivity contribution in [3.63, 3.8) is 0 Å². The quantitative estimate of drug-likeness (QED) is 0.835. The number of carbonyl (C=O) groups is 1. The third-order valence-corrected chi connectivity index (χ3v) is 3.61. The Morgan fingerprint density at radius 2 is 2.10 bits per heavy atom. The summed E-state index contributed by atoms with van der Waals surface area (Å²) >= 11 is 6.12. The Morgan fingerprint density at radius 3 is 2.65 bits per heavy atom. The summed E-state index contributed by atoms with van der Waals surface area (Å²) in [5, 5.41) is 3.50. The van der Waals surface area contributed by atoms with Crippen LogP contribution in [0.2, 0.25) is 5.02 Å². The molecule has 0 saturated carbocycles. The zero-order chi connectivity index (χ0) is 15.1. The van der Waals surface area contributed by atoms with Gasteiger partial charge in [-0.15, -0.1) is 0 Å². The summed E-state index contributed by atoms with van der Waals surface area (Å²) in [6.45, 7) is 10.4. The maximum Gasteiger partial charge on any atom is 0.274 e. The molecule has 0 radical (unpaired) electrons. The predicted molar refractivity (Wildman–Crippen MR) is 84.4 cm³/mol. The highest BCUT2D eigenvalue weighted by Crippen LogP contribution is 2.19. The van der Waals surface area contributed by atoms with E-state index in [4.69, 9.17) is 11.6 Å². The van der Waals surface area contributed by atoms with Crippen LogP contribution < -0.4 is 5.32 Å². The first-order chi connectivity index (χ1) is 9.53. The van der Waals surface area contributed by atoms with Crippen LogP contribution in [0.25, 0.3) is 0 Å². The zero-order valence-corrected chi connectivity index (χ0v) is 13.5. The van der Waals surface area contributed by atoms with Crippen LogP contribution in [-0.4, -0.2) is 35.4 Å². The monoisotopic (exact) mass is 297 g/mol. The van der Waals surface area contributed by atoms with Crippen LogP contribution in [0.15, 0.2) is 12.1 Å². The molecule has 0 aliphatic carbocycles. The van der Waals surface area contributed by atoms with Crippen molar-refractivity contribution in [2.45, 2.75) is 34.1 Å². The average molecular weight is 298 g/mol. The second kappa shape index (κ2) is 8.10. The summed E-state index contributed by atoms with van der Waals surface area (Å²) < 4.78 is 0. The van der Waals surface area contributed by atoms with Gasteiger partial charge in [-0.3, -0.25) is 4.79 Å². The molecule has 0 saturated heterocycles. The molecule has 0 aliphatic heterocycles. The van der Waals surface area contributed by atoms with Crippen molar-refractivity contribution >= 4 is 23.3 Å². The van der Waals surface area contributed by atoms with Gasteiger partial charge in [-0.05, 0) is 31.9 Å². The lowest BCUT2D eigenvalue weighted by Gasteiger charge is -2.24. The van der Waals surface area contributed by atoms with E-state index >= 15 is 0 Å². The maximum absolute atomic E-state index is 12.6. The molecule has 1 aromatic heterocycles. The van der Waals surface area contributed by atoms with Gasteiger partial charge in [-0.1, -0.05) is 31.9 Å². The number of aromatic nitrogens is 1. The van der Waals surface area contributed by atoms with Crippen LogP contribution in [0.3, 0.4) is 0 Å². The van der Waals surface area contributed by atoms with E-state index in [2.05, 4.69) is 24.1 Å². The van der Waals surface area contributed by atoms with Gasteiger partial charge >= 0.3 is 0 Å². The number of pyridine rings is 1. The SMILES string of the molecule is CCNc1ccc(Cl)c(C(=O)N(CC)CC(C)CC)n1. The Kier molecular flexibility index (Phi) is 6.79. The summed E-state index contributed by atoms with van der Waals surface area (Å²) in [5.41, 5.74) is 0.329. The third kappa shape index (κ3) is 4.37. The molecule has 1 heterocycles. The number of amides is 1. The highest BCUT2D eigenvalue weighted by atomic mass is 35.5. The molecule has 1 rings (SSSR count). The Morgan fingerprint density at radius 1 is 1.40 bits per heavy atom. The van der Waals surface area contributed by atoms with Gasteiger partial charge in [0.05, 0.1) is 5.02 Å². The lowest BCUT2D eigenvalue weighted by Crippen LogP contribution is -2.35. The van der Waals surface area contributed by atoms with Crippen molar-refractivity contribution in [3.8, 4) is 0 Å². The number of carbonyl (C=O) groups excluding carboxylic acids is 1. The standard InChI is InChI=1S/C15H24ClN3O/c1-5-11(4)10-19(7-3)15(20)14-12(16)8-9-13(18-14)17-6-2/h8-9,11H,5-7,10H2,1-4H3,(H,17,18). The van der Waals surface area contributed by atoms with Gasteiger partial charge < -0.3 is 10.2 Å². The predicted octanol–water partition coefficient (Wildman–Crippen LogP) is 3.68. The molecule has 5 heteroatoms. The second-order valence-corrected chi connectivity index (χ2v) is 5.32. The van der Waals surface area contributed by atoms with Crippen LogP contribution in [-0.2, 0) is 0 Å². The van der Waals surface area contributed by atoms with E-state index in [9.17, 15) is 4.79 Å². The molecule has 20 heavy (non-hydrogen) atoms. The minimum atomic E-state index is -0.0995. The number of hydrogen-bond acceptors (Lipinski definition) is 3. The lowest BCUT2D eigenvalue weighted by molar-refractivity contribution is 0.0735. The van der Waals surface area contributed by atoms with Crippen LogP contribution in [0.4, 0.5) is 5.82 Å². The summed E-state index contributed by atoms with van der Waals surface area (Å²) in [5.74, 6) is 1.05. The summed E-state index contributed by atoms with van der Waals surface area (Å²) in [7, 11) is 0. The molecule has 0 fully saturated rings. The van der Waals surface area contributed by atoms with Crippen molar-refractivity contribution in [1.82, 2.24) is 9.88 Å². The molecular formula is C15H24ClN3O. The molecule has 4 nitrogen and oxygen atoms in total. The summed E-state index contributed by atoms with van der Waals surface area (Å²) in [4.78, 5) is 18.7. The van der Waals surface area contributed by atoms with Crippen LogP contribution >= 0.6 is 11.6 Å². The zero-order valence-electron chi connectivity index (χ0n) is 12.7. The Labute approximate surface area is 126 Å². The average Bonchev–Trinajstić information content (AvgIpc) is 2.46. The topological polar surface area (TPSA) is 45.2 Å². The fourth-order valence-corrected chi connectivity index (χ4v) is 2.07. The first-order valence-electron chi connectivity index (χ1n) is 7.23. The highest BCUT2D eigenvalue weighted by molar-refractivity contribution is 6.33. The Balaban J connectivity index is 2.96. The number of nitrogens with zero attached hydrogens (tertiary/aromatic N) is 2. The first-order valence-corrected chi connectivity index (χ1v) is 7.60. The van der Waals surface area contributed by atoms with Gasteiger partial charge in [-0.2, -0.15) is 0 Å². The molecule has 0 bridgehead atoms. The number of rotatable bonds is 7. The molecule has 1 N–H and O–H groups in total. The van der Waals surface area contributed by atoms with Gasteiger partial charge in [0.1, 0.15) is 11.5 Å². The van der Waals surface area contributed by atoms with Gasteiger partial charge in [0.2, 0.25) is 0 Å². The fraction of sp³-hybridized carbons (Fsp3) is 0.600. The van der Waals surface area contributed by atoms with E-state index in [1.54, 1.807) is 17.0 Å². The number of halogens is 1. The van der Waals surface area contributed by atoms with Gasteiger partial charge in [-0.25, -0.2) is 4.98 Å². The molecule has 1 amide bonds. The minimum absolute atomic E-state index is 0.0995. The smallest absolute Gasteiger partial charge is 0.274 e. The van der Waals surface area contributed by atoms with Gasteiger partial charge in [0.25, 0.3) is 5.91 Å². The fourth-order valence-electron chi connectivity index (χ4n) is 1.88. The lowest BCUT2D eigenvalue weighted by atomic mass is 10.1. The molecule has 1 atom stereocenters. The largest absolute Gasteiger partial charge is 0.370 e.